The van der Waals surface area contributed by atoms with Crippen LogP contribution in [0.1, 0.15) is 26.3 Å². The van der Waals surface area contributed by atoms with E-state index in [9.17, 15) is 18.6 Å². The monoisotopic (exact) mass is 449 g/mol. The normalized spacial score (nSPS) is 12.5. The van der Waals surface area contributed by atoms with Crippen molar-refractivity contribution in [3.63, 3.8) is 0 Å². The molecule has 0 radical (unpaired) electrons. The molecule has 1 aromatic heterocycles. The Morgan fingerprint density at radius 3 is 2.23 bits per heavy atom. The topological polar surface area (TPSA) is 140 Å². The van der Waals surface area contributed by atoms with Gasteiger partial charge in [-0.1, -0.05) is 49.7 Å². The van der Waals surface area contributed by atoms with Crippen LogP contribution in [0, 0.1) is 5.53 Å². The third-order valence-corrected chi connectivity index (χ3v) is 6.25. The number of rotatable bonds is 5. The van der Waals surface area contributed by atoms with Crippen LogP contribution in [0.4, 0.5) is 5.69 Å². The first-order valence-corrected chi connectivity index (χ1v) is 10.6. The van der Waals surface area contributed by atoms with Crippen LogP contribution in [0.2, 0.25) is 5.02 Å². The minimum Gasteiger partial charge on any atom is -0.494 e. The van der Waals surface area contributed by atoms with E-state index in [0.29, 0.717) is 0 Å². The largest absolute Gasteiger partial charge is 0.494 e. The van der Waals surface area contributed by atoms with Crippen LogP contribution in [-0.2, 0) is 15.4 Å². The van der Waals surface area contributed by atoms with Crippen LogP contribution in [0.25, 0.3) is 10.8 Å². The van der Waals surface area contributed by atoms with Gasteiger partial charge in [-0.05, 0) is 35.2 Å². The first-order chi connectivity index (χ1) is 14.0. The number of aromatic nitrogens is 1. The molecule has 0 fully saturated rings. The number of nitrogens with one attached hydrogen (secondary N) is 2. The van der Waals surface area contributed by atoms with Crippen molar-refractivity contribution in [2.24, 2.45) is 10.3 Å². The van der Waals surface area contributed by atoms with Crippen LogP contribution in [0.3, 0.4) is 0 Å². The van der Waals surface area contributed by atoms with Crippen molar-refractivity contribution in [3.05, 3.63) is 47.0 Å². The highest BCUT2D eigenvalue weighted by molar-refractivity contribution is 7.92. The molecule has 3 rings (SSSR count). The van der Waals surface area contributed by atoms with Gasteiger partial charge in [0.1, 0.15) is 6.34 Å². The van der Waals surface area contributed by atoms with Crippen molar-refractivity contribution < 1.29 is 18.6 Å². The van der Waals surface area contributed by atoms with Gasteiger partial charge in [-0.15, -0.1) is 5.10 Å². The van der Waals surface area contributed by atoms with E-state index in [1.54, 1.807) is 12.1 Å². The fraction of sp³-hybridized carbons (Fsp3) is 0.211. The van der Waals surface area contributed by atoms with Gasteiger partial charge in [-0.25, -0.2) is 13.0 Å². The Bertz CT molecular complexity index is 1260. The Balaban J connectivity index is 2.10. The number of aromatic hydroxyl groups is 2. The summed E-state index contributed by atoms with van der Waals surface area (Å²) >= 11 is 6.14. The lowest BCUT2D eigenvalue weighted by molar-refractivity contribution is 0.414. The molecule has 1 heterocycles. The van der Waals surface area contributed by atoms with Gasteiger partial charge >= 0.3 is 0 Å². The highest BCUT2D eigenvalue weighted by atomic mass is 35.5. The lowest BCUT2D eigenvalue weighted by atomic mass is 9.87. The average Bonchev–Trinajstić information content (AvgIpc) is 2.93. The standard InChI is InChI=1S/C19H20ClN5O4S/c1-19(2,3)11-4-6-12(7-5-11)30(28,29)23-14-9-8-13(20)15-16(14)18(27)25(17(15)26)10-22-24-21/h4-10,21,23,26-27H,1-3H3/b22-10+,24-21?. The van der Waals surface area contributed by atoms with E-state index in [0.717, 1.165) is 16.5 Å². The first kappa shape index (κ1) is 21.6. The van der Waals surface area contributed by atoms with Crippen LogP contribution < -0.4 is 4.72 Å². The number of nitrogens with zero attached hydrogens (tertiary/aromatic N) is 3. The van der Waals surface area contributed by atoms with Crippen LogP contribution >= 0.6 is 11.6 Å². The fourth-order valence-corrected chi connectivity index (χ4v) is 4.29. The van der Waals surface area contributed by atoms with E-state index >= 15 is 0 Å². The van der Waals surface area contributed by atoms with Crippen LogP contribution in [0.5, 0.6) is 11.8 Å². The number of hydrogen-bond donors (Lipinski definition) is 4. The second-order valence-corrected chi connectivity index (χ2v) is 9.66. The molecule has 3 aromatic rings. The van der Waals surface area contributed by atoms with Gasteiger partial charge in [-0.2, -0.15) is 5.53 Å². The lowest BCUT2D eigenvalue weighted by Crippen LogP contribution is -2.15. The zero-order valence-corrected chi connectivity index (χ0v) is 18.0. The molecular formula is C19H20ClN5O4S. The zero-order chi connectivity index (χ0) is 22.3. The minimum absolute atomic E-state index is 0.0112. The number of hydrogen-bond acceptors (Lipinski definition) is 6. The van der Waals surface area contributed by atoms with E-state index in [1.807, 2.05) is 20.8 Å². The van der Waals surface area contributed by atoms with Crippen molar-refractivity contribution in [2.75, 3.05) is 4.72 Å². The SMILES string of the molecule is CC(C)(C)c1ccc(S(=O)(=O)Nc2ccc(Cl)c3c(O)n(/C=N/N=N)c(O)c23)cc1. The molecule has 0 aliphatic rings. The van der Waals surface area contributed by atoms with Gasteiger partial charge < -0.3 is 10.2 Å². The molecule has 0 saturated carbocycles. The van der Waals surface area contributed by atoms with E-state index in [-0.39, 0.29) is 31.8 Å². The van der Waals surface area contributed by atoms with Crippen LogP contribution in [-0.4, -0.2) is 29.5 Å². The fourth-order valence-electron chi connectivity index (χ4n) is 2.98. The van der Waals surface area contributed by atoms with Crippen molar-refractivity contribution in [2.45, 2.75) is 31.1 Å². The maximum atomic E-state index is 12.9. The number of sulfonamides is 1. The molecule has 11 heteroatoms. The molecule has 4 N–H and O–H groups in total. The van der Waals surface area contributed by atoms with Gasteiger partial charge in [0.2, 0.25) is 11.8 Å². The molecule has 0 amide bonds. The van der Waals surface area contributed by atoms with Crippen molar-refractivity contribution >= 4 is 44.4 Å². The van der Waals surface area contributed by atoms with Gasteiger partial charge in [0.15, 0.2) is 0 Å². The third kappa shape index (κ3) is 3.83. The molecule has 0 saturated heterocycles. The van der Waals surface area contributed by atoms with E-state index < -0.39 is 21.8 Å². The maximum absolute atomic E-state index is 12.9. The highest BCUT2D eigenvalue weighted by Gasteiger charge is 2.24. The summed E-state index contributed by atoms with van der Waals surface area (Å²) in [7, 11) is -3.99. The third-order valence-electron chi connectivity index (χ3n) is 4.56. The summed E-state index contributed by atoms with van der Waals surface area (Å²) in [5.41, 5.74) is 7.58. The van der Waals surface area contributed by atoms with Gasteiger partial charge in [0, 0.05) is 0 Å². The van der Waals surface area contributed by atoms with E-state index in [2.05, 4.69) is 15.0 Å². The Morgan fingerprint density at radius 1 is 1.07 bits per heavy atom. The van der Waals surface area contributed by atoms with Crippen molar-refractivity contribution in [1.82, 2.24) is 4.57 Å². The van der Waals surface area contributed by atoms with Gasteiger partial charge in [-0.3, -0.25) is 4.72 Å². The highest BCUT2D eigenvalue weighted by Crippen LogP contribution is 2.44. The number of benzene rings is 2. The first-order valence-electron chi connectivity index (χ1n) is 8.75. The summed E-state index contributed by atoms with van der Waals surface area (Å²) in [6.45, 7) is 6.07. The average molecular weight is 450 g/mol. The molecule has 0 atom stereocenters. The molecule has 0 spiro atoms. The van der Waals surface area contributed by atoms with Crippen molar-refractivity contribution in [3.8, 4) is 11.8 Å². The van der Waals surface area contributed by atoms with Gasteiger partial charge in [0.05, 0.1) is 26.4 Å². The zero-order valence-electron chi connectivity index (χ0n) is 16.4. The summed E-state index contributed by atoms with van der Waals surface area (Å²) in [6, 6.07) is 9.25. The Labute approximate surface area is 178 Å². The van der Waals surface area contributed by atoms with E-state index in [1.165, 1.54) is 24.3 Å². The summed E-state index contributed by atoms with van der Waals surface area (Å²) in [5, 5.41) is 27.1. The Kier molecular flexibility index (Phi) is 5.48. The molecule has 30 heavy (non-hydrogen) atoms. The predicted molar refractivity (Wildman–Crippen MR) is 115 cm³/mol. The molecule has 0 unspecified atom stereocenters. The maximum Gasteiger partial charge on any atom is 0.261 e. The van der Waals surface area contributed by atoms with E-state index in [4.69, 9.17) is 17.1 Å². The Hall–Kier alpha value is -3.11. The molecule has 0 bridgehead atoms. The number of anilines is 1. The summed E-state index contributed by atoms with van der Waals surface area (Å²) < 4.78 is 29.1. The van der Waals surface area contributed by atoms with Gasteiger partial charge in [0.25, 0.3) is 10.0 Å². The quantitative estimate of drug-likeness (QED) is 0.195. The molecule has 2 aromatic carbocycles. The smallest absolute Gasteiger partial charge is 0.261 e. The molecular weight excluding hydrogens is 430 g/mol. The molecule has 9 nitrogen and oxygen atoms in total. The second kappa shape index (κ2) is 7.62. The van der Waals surface area contributed by atoms with Crippen molar-refractivity contribution in [1.29, 1.82) is 5.53 Å². The summed E-state index contributed by atoms with van der Waals surface area (Å²) in [6.07, 6.45) is 0.900. The number of fused-ring (bicyclic) bond motifs is 1. The molecule has 158 valence electrons. The molecule has 0 aliphatic heterocycles. The minimum atomic E-state index is -3.99. The summed E-state index contributed by atoms with van der Waals surface area (Å²) in [4.78, 5) is 0.0383. The predicted octanol–water partition coefficient (Wildman–Crippen LogP) is 4.63. The molecule has 0 aliphatic carbocycles. The summed E-state index contributed by atoms with van der Waals surface area (Å²) in [5.74, 6) is -0.992. The second-order valence-electron chi connectivity index (χ2n) is 7.57. The van der Waals surface area contributed by atoms with Crippen LogP contribution in [0.15, 0.2) is 51.6 Å². The number of halogens is 1. The lowest BCUT2D eigenvalue weighted by Gasteiger charge is -2.19. The Morgan fingerprint density at radius 2 is 1.67 bits per heavy atom.